The summed E-state index contributed by atoms with van der Waals surface area (Å²) in [4.78, 5) is 2.50. The van der Waals surface area contributed by atoms with Crippen molar-refractivity contribution in [3.05, 3.63) is 24.3 Å². The first-order valence-electron chi connectivity index (χ1n) is 6.24. The minimum Gasteiger partial charge on any atom is -0.370 e. The first kappa shape index (κ1) is 15.0. The second-order valence-electron chi connectivity index (χ2n) is 4.37. The average molecular weight is 270 g/mol. The molecule has 0 bridgehead atoms. The Morgan fingerprint density at radius 3 is 2.44 bits per heavy atom. The van der Waals surface area contributed by atoms with Crippen LogP contribution in [0.5, 0.6) is 0 Å². The molecule has 0 aliphatic rings. The van der Waals surface area contributed by atoms with Gasteiger partial charge < -0.3 is 10.6 Å². The molecule has 18 heavy (non-hydrogen) atoms. The normalized spacial score (nSPS) is 11.5. The molecule has 0 radical (unpaired) electrons. The van der Waals surface area contributed by atoms with Gasteiger partial charge in [0, 0.05) is 19.3 Å². The number of anilines is 1. The summed E-state index contributed by atoms with van der Waals surface area (Å²) in [6.07, 6.45) is 3.08. The number of benzene rings is 1. The Morgan fingerprint density at radius 1 is 1.22 bits per heavy atom. The average Bonchev–Trinajstić information content (AvgIpc) is 2.33. The lowest BCUT2D eigenvalue weighted by Crippen LogP contribution is -2.28. The fraction of sp³-hybridized carbons (Fsp3) is 0.538. The Hall–Kier alpha value is -1.07. The van der Waals surface area contributed by atoms with Crippen LogP contribution in [0, 0.1) is 0 Å². The number of nitrogens with two attached hydrogens (primary N) is 1. The van der Waals surface area contributed by atoms with Crippen molar-refractivity contribution in [1.82, 2.24) is 0 Å². The van der Waals surface area contributed by atoms with Gasteiger partial charge in [-0.15, -0.1) is 0 Å². The van der Waals surface area contributed by atoms with Crippen LogP contribution in [-0.2, 0) is 9.84 Å². The molecule has 0 atom stereocenters. The Bertz CT molecular complexity index is 472. The van der Waals surface area contributed by atoms with E-state index in [1.807, 2.05) is 12.1 Å². The molecule has 102 valence electrons. The molecule has 0 spiro atoms. The van der Waals surface area contributed by atoms with E-state index in [1.54, 1.807) is 12.1 Å². The van der Waals surface area contributed by atoms with Crippen molar-refractivity contribution in [2.45, 2.75) is 24.7 Å². The van der Waals surface area contributed by atoms with Crippen LogP contribution in [0.2, 0.25) is 0 Å². The minimum absolute atomic E-state index is 0.399. The molecule has 1 aromatic carbocycles. The Morgan fingerprint density at radius 2 is 1.89 bits per heavy atom. The van der Waals surface area contributed by atoms with Crippen LogP contribution in [0.15, 0.2) is 29.2 Å². The maximum absolute atomic E-state index is 11.8. The Balaban J connectivity index is 3.11. The minimum atomic E-state index is -3.19. The zero-order valence-electron chi connectivity index (χ0n) is 11.1. The molecule has 1 aromatic rings. The summed E-state index contributed by atoms with van der Waals surface area (Å²) in [5.41, 5.74) is 6.32. The lowest BCUT2D eigenvalue weighted by atomic mass is 10.2. The predicted octanol–water partition coefficient (Wildman–Crippen LogP) is 1.66. The van der Waals surface area contributed by atoms with Gasteiger partial charge in [0.05, 0.1) is 10.6 Å². The number of nitrogens with zero attached hydrogens (tertiary/aromatic N) is 1. The molecule has 0 fully saturated rings. The first-order chi connectivity index (χ1) is 8.50. The van der Waals surface area contributed by atoms with E-state index in [-0.39, 0.29) is 0 Å². The summed E-state index contributed by atoms with van der Waals surface area (Å²) in [7, 11) is -3.19. The van der Waals surface area contributed by atoms with E-state index >= 15 is 0 Å². The largest absolute Gasteiger partial charge is 0.370 e. The maximum atomic E-state index is 11.8. The molecule has 0 aromatic heterocycles. The van der Waals surface area contributed by atoms with E-state index in [0.29, 0.717) is 11.4 Å². The van der Waals surface area contributed by atoms with Gasteiger partial charge in [-0.05, 0) is 31.5 Å². The van der Waals surface area contributed by atoms with Crippen LogP contribution < -0.4 is 10.6 Å². The highest BCUT2D eigenvalue weighted by Gasteiger charge is 2.16. The topological polar surface area (TPSA) is 63.4 Å². The summed E-state index contributed by atoms with van der Waals surface area (Å²) >= 11 is 0. The SMILES string of the molecule is CCCN(CCCN)c1ccccc1S(C)(=O)=O. The third kappa shape index (κ3) is 3.99. The van der Waals surface area contributed by atoms with Crippen LogP contribution >= 0.6 is 0 Å². The molecular weight excluding hydrogens is 248 g/mol. The Kier molecular flexibility index (Phi) is 5.62. The predicted molar refractivity (Wildman–Crippen MR) is 75.7 cm³/mol. The van der Waals surface area contributed by atoms with Crippen LogP contribution in [0.1, 0.15) is 19.8 Å². The van der Waals surface area contributed by atoms with Crippen LogP contribution in [0.25, 0.3) is 0 Å². The number of para-hydroxylation sites is 1. The highest BCUT2D eigenvalue weighted by Crippen LogP contribution is 2.25. The van der Waals surface area contributed by atoms with E-state index in [4.69, 9.17) is 5.73 Å². The summed E-state index contributed by atoms with van der Waals surface area (Å²) in [6.45, 7) is 4.32. The van der Waals surface area contributed by atoms with Crippen LogP contribution in [-0.4, -0.2) is 34.3 Å². The van der Waals surface area contributed by atoms with Gasteiger partial charge >= 0.3 is 0 Å². The number of rotatable bonds is 7. The number of sulfone groups is 1. The number of hydrogen-bond acceptors (Lipinski definition) is 4. The van der Waals surface area contributed by atoms with Gasteiger partial charge in [0.2, 0.25) is 0 Å². The van der Waals surface area contributed by atoms with Crippen molar-refractivity contribution in [1.29, 1.82) is 0 Å². The molecule has 5 heteroatoms. The molecule has 0 saturated carbocycles. The lowest BCUT2D eigenvalue weighted by Gasteiger charge is -2.26. The first-order valence-corrected chi connectivity index (χ1v) is 8.14. The van der Waals surface area contributed by atoms with Crippen LogP contribution in [0.3, 0.4) is 0 Å². The van der Waals surface area contributed by atoms with Crippen molar-refractivity contribution in [3.8, 4) is 0 Å². The fourth-order valence-corrected chi connectivity index (χ4v) is 2.84. The van der Waals surface area contributed by atoms with Crippen molar-refractivity contribution >= 4 is 15.5 Å². The monoisotopic (exact) mass is 270 g/mol. The number of hydrogen-bond donors (Lipinski definition) is 1. The Labute approximate surface area is 110 Å². The zero-order valence-corrected chi connectivity index (χ0v) is 11.9. The van der Waals surface area contributed by atoms with Crippen molar-refractivity contribution in [2.75, 3.05) is 30.8 Å². The zero-order chi connectivity index (χ0) is 13.6. The second kappa shape index (κ2) is 6.75. The van der Waals surface area contributed by atoms with E-state index in [9.17, 15) is 8.42 Å². The quantitative estimate of drug-likeness (QED) is 0.818. The van der Waals surface area contributed by atoms with E-state index in [2.05, 4.69) is 11.8 Å². The lowest BCUT2D eigenvalue weighted by molar-refractivity contribution is 0.601. The summed E-state index contributed by atoms with van der Waals surface area (Å²) in [6, 6.07) is 7.15. The van der Waals surface area contributed by atoms with E-state index in [0.717, 1.165) is 31.6 Å². The summed E-state index contributed by atoms with van der Waals surface area (Å²) in [5, 5.41) is 0. The third-order valence-electron chi connectivity index (χ3n) is 2.73. The van der Waals surface area contributed by atoms with Gasteiger partial charge in [0.15, 0.2) is 9.84 Å². The van der Waals surface area contributed by atoms with Gasteiger partial charge in [-0.3, -0.25) is 0 Å². The van der Waals surface area contributed by atoms with Gasteiger partial charge in [-0.25, -0.2) is 8.42 Å². The smallest absolute Gasteiger partial charge is 0.177 e. The fourth-order valence-electron chi connectivity index (χ4n) is 1.94. The standard InChI is InChI=1S/C13H22N2O2S/c1-3-10-15(11-6-9-14)12-7-4-5-8-13(12)18(2,16)17/h4-5,7-8H,3,6,9-11,14H2,1-2H3. The van der Waals surface area contributed by atoms with Gasteiger partial charge in [-0.1, -0.05) is 19.1 Å². The molecule has 0 unspecified atom stereocenters. The highest BCUT2D eigenvalue weighted by molar-refractivity contribution is 7.90. The third-order valence-corrected chi connectivity index (χ3v) is 3.88. The molecule has 2 N–H and O–H groups in total. The molecule has 1 rings (SSSR count). The molecular formula is C13H22N2O2S. The molecule has 0 saturated heterocycles. The van der Waals surface area contributed by atoms with Gasteiger partial charge in [0.1, 0.15) is 0 Å². The second-order valence-corrected chi connectivity index (χ2v) is 6.35. The molecule has 0 amide bonds. The van der Waals surface area contributed by atoms with E-state index in [1.165, 1.54) is 6.26 Å². The van der Waals surface area contributed by atoms with Crippen LogP contribution in [0.4, 0.5) is 5.69 Å². The van der Waals surface area contributed by atoms with Gasteiger partial charge in [-0.2, -0.15) is 0 Å². The molecule has 0 aliphatic heterocycles. The highest BCUT2D eigenvalue weighted by atomic mass is 32.2. The molecule has 0 aliphatic carbocycles. The van der Waals surface area contributed by atoms with Crippen molar-refractivity contribution < 1.29 is 8.42 Å². The summed E-state index contributed by atoms with van der Waals surface area (Å²) in [5.74, 6) is 0. The molecule has 4 nitrogen and oxygen atoms in total. The summed E-state index contributed by atoms with van der Waals surface area (Å²) < 4.78 is 23.6. The van der Waals surface area contributed by atoms with Crippen molar-refractivity contribution in [2.24, 2.45) is 5.73 Å². The van der Waals surface area contributed by atoms with Gasteiger partial charge in [0.25, 0.3) is 0 Å². The van der Waals surface area contributed by atoms with Crippen molar-refractivity contribution in [3.63, 3.8) is 0 Å². The molecule has 0 heterocycles. The maximum Gasteiger partial charge on any atom is 0.177 e. The van der Waals surface area contributed by atoms with E-state index < -0.39 is 9.84 Å².